The monoisotopic (exact) mass is 244 g/mol. The molecule has 0 radical (unpaired) electrons. The third kappa shape index (κ3) is 1.42. The van der Waals surface area contributed by atoms with E-state index in [9.17, 15) is 4.79 Å². The third-order valence-corrected chi connectivity index (χ3v) is 5.62. The lowest BCUT2D eigenvalue weighted by Gasteiger charge is -2.07. The normalized spacial score (nSPS) is 39.9. The third-order valence-electron chi connectivity index (χ3n) is 5.62. The van der Waals surface area contributed by atoms with Crippen molar-refractivity contribution in [2.24, 2.45) is 36.6 Å². The van der Waals surface area contributed by atoms with Crippen LogP contribution in [0, 0.1) is 29.6 Å². The van der Waals surface area contributed by atoms with E-state index < -0.39 is 0 Å². The van der Waals surface area contributed by atoms with E-state index in [2.05, 4.69) is 4.98 Å². The second-order valence-electron chi connectivity index (χ2n) is 6.43. The summed E-state index contributed by atoms with van der Waals surface area (Å²) < 4.78 is 2.02. The van der Waals surface area contributed by atoms with Crippen LogP contribution in [-0.4, -0.2) is 15.3 Å². The first kappa shape index (κ1) is 10.8. The Hall–Kier alpha value is -1.12. The second-order valence-corrected chi connectivity index (χ2v) is 6.43. The van der Waals surface area contributed by atoms with Gasteiger partial charge in [-0.15, -0.1) is 0 Å². The summed E-state index contributed by atoms with van der Waals surface area (Å²) >= 11 is 0. The summed E-state index contributed by atoms with van der Waals surface area (Å²) in [5.41, 5.74) is 0. The van der Waals surface area contributed by atoms with Crippen molar-refractivity contribution >= 4 is 5.78 Å². The molecule has 3 aliphatic rings. The van der Waals surface area contributed by atoms with E-state index in [-0.39, 0.29) is 0 Å². The lowest BCUT2D eigenvalue weighted by Crippen LogP contribution is -2.11. The predicted molar refractivity (Wildman–Crippen MR) is 67.8 cm³/mol. The average Bonchev–Trinajstić information content (AvgIpc) is 2.69. The van der Waals surface area contributed by atoms with Crippen LogP contribution in [0.15, 0.2) is 12.4 Å². The van der Waals surface area contributed by atoms with Gasteiger partial charge in [0.15, 0.2) is 0 Å². The molecule has 3 aliphatic carbocycles. The number of aryl methyl sites for hydroxylation is 2. The van der Waals surface area contributed by atoms with Gasteiger partial charge in [-0.2, -0.15) is 0 Å². The highest BCUT2D eigenvalue weighted by molar-refractivity contribution is 5.85. The molecule has 1 aromatic rings. The minimum atomic E-state index is 0.441. The Labute approximate surface area is 108 Å². The van der Waals surface area contributed by atoms with Gasteiger partial charge in [-0.05, 0) is 42.9 Å². The Morgan fingerprint density at radius 2 is 2.11 bits per heavy atom. The Bertz CT molecular complexity index is 476. The molecule has 96 valence electrons. The van der Waals surface area contributed by atoms with Crippen LogP contribution in [0.4, 0.5) is 0 Å². The highest BCUT2D eigenvalue weighted by Crippen LogP contribution is 2.69. The molecule has 0 aliphatic heterocycles. The lowest BCUT2D eigenvalue weighted by atomic mass is 9.98. The number of fused-ring (bicyclic) bond motifs is 5. The molecule has 0 N–H and O–H groups in total. The number of ketones is 1. The van der Waals surface area contributed by atoms with Gasteiger partial charge < -0.3 is 4.57 Å². The number of carbonyl (C=O) groups excluding carboxylic acids is 1. The Morgan fingerprint density at radius 1 is 1.39 bits per heavy atom. The van der Waals surface area contributed by atoms with Crippen molar-refractivity contribution < 1.29 is 4.79 Å². The number of nitrogens with zero attached hydrogens (tertiary/aromatic N) is 2. The molecule has 3 saturated carbocycles. The quantitative estimate of drug-likeness (QED) is 0.814. The van der Waals surface area contributed by atoms with Gasteiger partial charge in [0.05, 0.1) is 0 Å². The number of hydrogen-bond acceptors (Lipinski definition) is 2. The molecule has 4 atom stereocenters. The largest absolute Gasteiger partial charge is 0.338 e. The van der Waals surface area contributed by atoms with Crippen molar-refractivity contribution in [2.75, 3.05) is 0 Å². The van der Waals surface area contributed by atoms with Crippen molar-refractivity contribution in [3.63, 3.8) is 0 Å². The van der Waals surface area contributed by atoms with Crippen LogP contribution in [0.25, 0.3) is 0 Å². The SMILES string of the molecule is Cn1ccnc1CCC(=O)C1C2C3CCC(C3)C12. The number of Topliss-reactive ketones (excluding diaryl/α,β-unsaturated/α-hetero) is 1. The smallest absolute Gasteiger partial charge is 0.137 e. The number of rotatable bonds is 4. The van der Waals surface area contributed by atoms with Gasteiger partial charge in [-0.25, -0.2) is 4.98 Å². The fraction of sp³-hybridized carbons (Fsp3) is 0.733. The molecule has 0 amide bonds. The zero-order chi connectivity index (χ0) is 12.3. The molecule has 4 unspecified atom stereocenters. The molecule has 4 rings (SSSR count). The predicted octanol–water partition coefficient (Wildman–Crippen LogP) is 2.21. The van der Waals surface area contributed by atoms with Crippen molar-refractivity contribution in [1.82, 2.24) is 9.55 Å². The van der Waals surface area contributed by atoms with Gasteiger partial charge in [-0.1, -0.05) is 0 Å². The van der Waals surface area contributed by atoms with Crippen LogP contribution >= 0.6 is 0 Å². The van der Waals surface area contributed by atoms with Crippen molar-refractivity contribution in [1.29, 1.82) is 0 Å². The molecule has 0 saturated heterocycles. The van der Waals surface area contributed by atoms with Crippen LogP contribution in [0.2, 0.25) is 0 Å². The van der Waals surface area contributed by atoms with Crippen molar-refractivity contribution in [2.45, 2.75) is 32.1 Å². The minimum absolute atomic E-state index is 0.441. The molecule has 0 aromatic carbocycles. The fourth-order valence-electron chi connectivity index (χ4n) is 4.79. The number of carbonyl (C=O) groups is 1. The van der Waals surface area contributed by atoms with E-state index >= 15 is 0 Å². The summed E-state index contributed by atoms with van der Waals surface area (Å²) in [5, 5.41) is 0. The Morgan fingerprint density at radius 3 is 2.72 bits per heavy atom. The maximum atomic E-state index is 12.3. The van der Waals surface area contributed by atoms with E-state index in [0.717, 1.165) is 35.9 Å². The molecule has 1 aromatic heterocycles. The summed E-state index contributed by atoms with van der Waals surface area (Å²) in [6.45, 7) is 0. The number of imidazole rings is 1. The molecule has 3 nitrogen and oxygen atoms in total. The summed E-state index contributed by atoms with van der Waals surface area (Å²) in [4.78, 5) is 16.6. The van der Waals surface area contributed by atoms with Gasteiger partial charge in [0, 0.05) is 38.2 Å². The van der Waals surface area contributed by atoms with E-state index in [4.69, 9.17) is 0 Å². The first-order valence-electron chi connectivity index (χ1n) is 7.24. The van der Waals surface area contributed by atoms with Gasteiger partial charge in [0.2, 0.25) is 0 Å². The maximum absolute atomic E-state index is 12.3. The van der Waals surface area contributed by atoms with Gasteiger partial charge in [0.1, 0.15) is 11.6 Å². The molecule has 2 bridgehead atoms. The van der Waals surface area contributed by atoms with E-state index in [1.807, 2.05) is 24.0 Å². The van der Waals surface area contributed by atoms with Crippen LogP contribution in [0.1, 0.15) is 31.5 Å². The first-order chi connectivity index (χ1) is 8.75. The topological polar surface area (TPSA) is 34.9 Å². The highest BCUT2D eigenvalue weighted by atomic mass is 16.1. The Balaban J connectivity index is 1.37. The van der Waals surface area contributed by atoms with E-state index in [1.54, 1.807) is 0 Å². The van der Waals surface area contributed by atoms with E-state index in [1.165, 1.54) is 19.3 Å². The zero-order valence-corrected chi connectivity index (χ0v) is 10.9. The molecule has 0 spiro atoms. The summed E-state index contributed by atoms with van der Waals surface area (Å²) in [6.07, 6.45) is 9.50. The van der Waals surface area contributed by atoms with Crippen LogP contribution in [-0.2, 0) is 18.3 Å². The Kier molecular flexibility index (Phi) is 2.21. The number of hydrogen-bond donors (Lipinski definition) is 0. The minimum Gasteiger partial charge on any atom is -0.338 e. The van der Waals surface area contributed by atoms with Crippen molar-refractivity contribution in [3.05, 3.63) is 18.2 Å². The first-order valence-corrected chi connectivity index (χ1v) is 7.24. The summed E-state index contributed by atoms with van der Waals surface area (Å²) in [6, 6.07) is 0. The molecule has 3 fully saturated rings. The maximum Gasteiger partial charge on any atom is 0.137 e. The molecular weight excluding hydrogens is 224 g/mol. The van der Waals surface area contributed by atoms with Gasteiger partial charge in [-0.3, -0.25) is 4.79 Å². The average molecular weight is 244 g/mol. The zero-order valence-electron chi connectivity index (χ0n) is 10.9. The standard InChI is InChI=1S/C15H20N2O/c1-17-7-6-16-12(17)5-4-11(18)15-13-9-2-3-10(8-9)14(13)15/h6-7,9-10,13-15H,2-5,8H2,1H3. The summed E-state index contributed by atoms with van der Waals surface area (Å²) in [5.74, 6) is 5.39. The molecular formula is C15H20N2O. The highest BCUT2D eigenvalue weighted by Gasteiger charge is 2.66. The van der Waals surface area contributed by atoms with Crippen LogP contribution < -0.4 is 0 Å². The molecule has 18 heavy (non-hydrogen) atoms. The van der Waals surface area contributed by atoms with Gasteiger partial charge in [0.25, 0.3) is 0 Å². The van der Waals surface area contributed by atoms with Crippen molar-refractivity contribution in [3.8, 4) is 0 Å². The van der Waals surface area contributed by atoms with Crippen LogP contribution in [0.5, 0.6) is 0 Å². The lowest BCUT2D eigenvalue weighted by molar-refractivity contribution is -0.121. The molecule has 1 heterocycles. The summed E-state index contributed by atoms with van der Waals surface area (Å²) in [7, 11) is 2.00. The number of aromatic nitrogens is 2. The van der Waals surface area contributed by atoms with E-state index in [0.29, 0.717) is 18.1 Å². The second kappa shape index (κ2) is 3.69. The fourth-order valence-corrected chi connectivity index (χ4v) is 4.79. The van der Waals surface area contributed by atoms with Crippen LogP contribution in [0.3, 0.4) is 0 Å². The molecule has 3 heteroatoms. The van der Waals surface area contributed by atoms with Gasteiger partial charge >= 0.3 is 0 Å².